The van der Waals surface area contributed by atoms with Crippen LogP contribution in [-0.2, 0) is 22.1 Å². The molecule has 0 aliphatic carbocycles. The van der Waals surface area contributed by atoms with E-state index in [-0.39, 0.29) is 16.6 Å². The Morgan fingerprint density at radius 1 is 1.07 bits per heavy atom. The van der Waals surface area contributed by atoms with Gasteiger partial charge in [0.1, 0.15) is 0 Å². The Labute approximate surface area is 178 Å². The molecule has 0 aliphatic heterocycles. The lowest BCUT2D eigenvalue weighted by Gasteiger charge is -2.11. The molecule has 0 unspecified atom stereocenters. The predicted octanol–water partition coefficient (Wildman–Crippen LogP) is 4.42. The summed E-state index contributed by atoms with van der Waals surface area (Å²) >= 11 is 0. The number of carbonyl (C=O) groups is 1. The van der Waals surface area contributed by atoms with Gasteiger partial charge in [0, 0.05) is 24.5 Å². The van der Waals surface area contributed by atoms with Crippen LogP contribution in [0.25, 0.3) is 0 Å². The van der Waals surface area contributed by atoms with E-state index >= 15 is 0 Å². The Morgan fingerprint density at radius 3 is 2.43 bits per heavy atom. The number of hydrogen-bond donors (Lipinski definition) is 1. The number of nitrogens with one attached hydrogen (secondary N) is 1. The summed E-state index contributed by atoms with van der Waals surface area (Å²) in [5.41, 5.74) is 3.88. The number of sulfone groups is 1. The summed E-state index contributed by atoms with van der Waals surface area (Å²) in [6, 6.07) is 15.9. The summed E-state index contributed by atoms with van der Waals surface area (Å²) in [6.45, 7) is 6.34. The van der Waals surface area contributed by atoms with Crippen molar-refractivity contribution in [1.82, 2.24) is 10.3 Å². The topological polar surface area (TPSA) is 76.1 Å². The van der Waals surface area contributed by atoms with E-state index in [1.807, 2.05) is 31.2 Å². The van der Waals surface area contributed by atoms with E-state index in [0.717, 1.165) is 16.7 Å². The number of aromatic nitrogens is 1. The Balaban J connectivity index is 1.76. The summed E-state index contributed by atoms with van der Waals surface area (Å²) in [6.07, 6.45) is 3.37. The largest absolute Gasteiger partial charge is 0.348 e. The van der Waals surface area contributed by atoms with Crippen molar-refractivity contribution in [3.05, 3.63) is 94.8 Å². The standard InChI is InChI=1S/C24H26N2O3S/c1-17(2)20-8-10-23(11-9-20)30(28,29)16-22-13-21(7-6-18(22)3)24(27)26-15-19-5-4-12-25-14-19/h4-14,17H,15-16H2,1-3H3,(H,26,27). The van der Waals surface area contributed by atoms with Crippen molar-refractivity contribution in [3.8, 4) is 0 Å². The van der Waals surface area contributed by atoms with Crippen LogP contribution in [0, 0.1) is 6.92 Å². The first kappa shape index (κ1) is 21.7. The van der Waals surface area contributed by atoms with Gasteiger partial charge < -0.3 is 5.32 Å². The van der Waals surface area contributed by atoms with Crippen LogP contribution in [-0.4, -0.2) is 19.3 Å². The van der Waals surface area contributed by atoms with Crippen molar-refractivity contribution in [2.45, 2.75) is 43.9 Å². The fraction of sp³-hybridized carbons (Fsp3) is 0.250. The van der Waals surface area contributed by atoms with E-state index in [4.69, 9.17) is 0 Å². The van der Waals surface area contributed by atoms with Gasteiger partial charge in [-0.3, -0.25) is 9.78 Å². The van der Waals surface area contributed by atoms with E-state index in [0.29, 0.717) is 23.6 Å². The highest BCUT2D eigenvalue weighted by molar-refractivity contribution is 7.90. The highest BCUT2D eigenvalue weighted by Crippen LogP contribution is 2.22. The van der Waals surface area contributed by atoms with Crippen molar-refractivity contribution < 1.29 is 13.2 Å². The SMILES string of the molecule is Cc1ccc(C(=O)NCc2cccnc2)cc1CS(=O)(=O)c1ccc(C(C)C)cc1. The van der Waals surface area contributed by atoms with Gasteiger partial charge in [-0.15, -0.1) is 0 Å². The van der Waals surface area contributed by atoms with Crippen LogP contribution in [0.5, 0.6) is 0 Å². The molecule has 2 aromatic carbocycles. The zero-order chi connectivity index (χ0) is 21.7. The number of pyridine rings is 1. The lowest BCUT2D eigenvalue weighted by atomic mass is 10.0. The third-order valence-corrected chi connectivity index (χ3v) is 6.72. The van der Waals surface area contributed by atoms with Gasteiger partial charge in [0.15, 0.2) is 9.84 Å². The number of aryl methyl sites for hydroxylation is 1. The van der Waals surface area contributed by atoms with Gasteiger partial charge in [0.25, 0.3) is 5.91 Å². The molecule has 3 rings (SSSR count). The van der Waals surface area contributed by atoms with Gasteiger partial charge in [0.2, 0.25) is 0 Å². The highest BCUT2D eigenvalue weighted by Gasteiger charge is 2.18. The van der Waals surface area contributed by atoms with Crippen LogP contribution in [0.15, 0.2) is 71.9 Å². The number of rotatable bonds is 7. The molecule has 0 fully saturated rings. The fourth-order valence-corrected chi connectivity index (χ4v) is 4.54. The van der Waals surface area contributed by atoms with Gasteiger partial charge in [-0.1, -0.05) is 38.1 Å². The van der Waals surface area contributed by atoms with Gasteiger partial charge >= 0.3 is 0 Å². The zero-order valence-corrected chi connectivity index (χ0v) is 18.2. The van der Waals surface area contributed by atoms with Crippen molar-refractivity contribution in [3.63, 3.8) is 0 Å². The number of amides is 1. The molecule has 0 radical (unpaired) electrons. The smallest absolute Gasteiger partial charge is 0.251 e. The average Bonchev–Trinajstić information content (AvgIpc) is 2.74. The first-order chi connectivity index (χ1) is 14.3. The van der Waals surface area contributed by atoms with Gasteiger partial charge in [0.05, 0.1) is 10.6 Å². The lowest BCUT2D eigenvalue weighted by Crippen LogP contribution is -2.23. The highest BCUT2D eigenvalue weighted by atomic mass is 32.2. The van der Waals surface area contributed by atoms with Crippen LogP contribution in [0.4, 0.5) is 0 Å². The second-order valence-electron chi connectivity index (χ2n) is 7.67. The summed E-state index contributed by atoms with van der Waals surface area (Å²) in [4.78, 5) is 16.9. The van der Waals surface area contributed by atoms with Crippen molar-refractivity contribution >= 4 is 15.7 Å². The molecule has 5 nitrogen and oxygen atoms in total. The van der Waals surface area contributed by atoms with Crippen molar-refractivity contribution in [2.75, 3.05) is 0 Å². The normalized spacial score (nSPS) is 11.5. The summed E-state index contributed by atoms with van der Waals surface area (Å²) in [5, 5.41) is 2.84. The molecular weight excluding hydrogens is 396 g/mol. The summed E-state index contributed by atoms with van der Waals surface area (Å²) < 4.78 is 25.8. The van der Waals surface area contributed by atoms with Gasteiger partial charge in [-0.2, -0.15) is 0 Å². The Morgan fingerprint density at radius 2 is 1.80 bits per heavy atom. The molecule has 0 spiro atoms. The van der Waals surface area contributed by atoms with Crippen LogP contribution < -0.4 is 5.32 Å². The van der Waals surface area contributed by atoms with Crippen molar-refractivity contribution in [2.24, 2.45) is 0 Å². The molecule has 1 aromatic heterocycles. The molecule has 1 heterocycles. The molecule has 0 bridgehead atoms. The minimum absolute atomic E-state index is 0.149. The molecule has 3 aromatic rings. The Kier molecular flexibility index (Phi) is 6.67. The molecule has 30 heavy (non-hydrogen) atoms. The van der Waals surface area contributed by atoms with Crippen LogP contribution in [0.2, 0.25) is 0 Å². The number of hydrogen-bond acceptors (Lipinski definition) is 4. The molecule has 156 valence electrons. The molecule has 6 heteroatoms. The average molecular weight is 423 g/mol. The summed E-state index contributed by atoms with van der Waals surface area (Å²) in [7, 11) is -3.52. The fourth-order valence-electron chi connectivity index (χ4n) is 3.10. The summed E-state index contributed by atoms with van der Waals surface area (Å²) in [5.74, 6) is -0.0616. The van der Waals surface area contributed by atoms with E-state index in [1.54, 1.807) is 42.7 Å². The van der Waals surface area contributed by atoms with Crippen LogP contribution in [0.1, 0.15) is 52.4 Å². The maximum Gasteiger partial charge on any atom is 0.251 e. The van der Waals surface area contributed by atoms with Crippen LogP contribution >= 0.6 is 0 Å². The molecule has 1 N–H and O–H groups in total. The van der Waals surface area contributed by atoms with Crippen LogP contribution in [0.3, 0.4) is 0 Å². The van der Waals surface area contributed by atoms with Gasteiger partial charge in [-0.25, -0.2) is 8.42 Å². The molecule has 1 amide bonds. The first-order valence-electron chi connectivity index (χ1n) is 9.85. The number of nitrogens with zero attached hydrogens (tertiary/aromatic N) is 1. The van der Waals surface area contributed by atoms with E-state index < -0.39 is 9.84 Å². The Bertz CT molecular complexity index is 1120. The molecule has 0 saturated heterocycles. The monoisotopic (exact) mass is 422 g/mol. The minimum Gasteiger partial charge on any atom is -0.348 e. The first-order valence-corrected chi connectivity index (χ1v) is 11.5. The van der Waals surface area contributed by atoms with Crippen molar-refractivity contribution in [1.29, 1.82) is 0 Å². The van der Waals surface area contributed by atoms with Gasteiger partial charge in [-0.05, 0) is 65.4 Å². The molecule has 0 atom stereocenters. The number of benzene rings is 2. The maximum atomic E-state index is 12.9. The molecular formula is C24H26N2O3S. The second kappa shape index (κ2) is 9.22. The second-order valence-corrected chi connectivity index (χ2v) is 9.66. The third kappa shape index (κ3) is 5.33. The quantitative estimate of drug-likeness (QED) is 0.612. The predicted molar refractivity (Wildman–Crippen MR) is 118 cm³/mol. The third-order valence-electron chi connectivity index (χ3n) is 5.04. The number of carbonyl (C=O) groups excluding carboxylic acids is 1. The minimum atomic E-state index is -3.52. The Hall–Kier alpha value is -2.99. The molecule has 0 aliphatic rings. The van der Waals surface area contributed by atoms with E-state index in [2.05, 4.69) is 24.1 Å². The van der Waals surface area contributed by atoms with E-state index in [9.17, 15) is 13.2 Å². The maximum absolute atomic E-state index is 12.9. The van der Waals surface area contributed by atoms with E-state index in [1.165, 1.54) is 0 Å². The molecule has 0 saturated carbocycles. The lowest BCUT2D eigenvalue weighted by molar-refractivity contribution is 0.0950. The zero-order valence-electron chi connectivity index (χ0n) is 17.4.